The lowest BCUT2D eigenvalue weighted by Crippen LogP contribution is -2.14. The van der Waals surface area contributed by atoms with Crippen molar-refractivity contribution in [1.29, 1.82) is 0 Å². The summed E-state index contributed by atoms with van der Waals surface area (Å²) in [4.78, 5) is 14.5. The van der Waals surface area contributed by atoms with Gasteiger partial charge in [-0.25, -0.2) is 13.4 Å². The second kappa shape index (κ2) is 4.84. The third kappa shape index (κ3) is 3.21. The van der Waals surface area contributed by atoms with Crippen molar-refractivity contribution in [1.82, 2.24) is 9.55 Å². The molecule has 0 radical (unpaired) electrons. The van der Waals surface area contributed by atoms with Crippen molar-refractivity contribution < 1.29 is 13.2 Å². The summed E-state index contributed by atoms with van der Waals surface area (Å²) in [6.45, 7) is 2.13. The highest BCUT2D eigenvalue weighted by molar-refractivity contribution is 8.13. The predicted octanol–water partition coefficient (Wildman–Crippen LogP) is 0.248. The molecule has 1 rings (SSSR count). The molecule has 1 heterocycles. The second-order valence-electron chi connectivity index (χ2n) is 3.20. The van der Waals surface area contributed by atoms with Crippen LogP contribution in [-0.2, 0) is 26.8 Å². The number of carbonyl (C=O) groups excluding carboxylic acids is 1. The number of imidazole rings is 1. The van der Waals surface area contributed by atoms with Crippen LogP contribution in [0.4, 0.5) is 0 Å². The first-order chi connectivity index (χ1) is 7.34. The molecule has 8 heteroatoms. The Morgan fingerprint density at radius 1 is 1.62 bits per heavy atom. The summed E-state index contributed by atoms with van der Waals surface area (Å²) < 4.78 is 23.7. The summed E-state index contributed by atoms with van der Waals surface area (Å²) in [5.41, 5.74) is 5.01. The number of nitrogens with two attached hydrogens (primary N) is 1. The van der Waals surface area contributed by atoms with Crippen LogP contribution in [0.25, 0.3) is 0 Å². The monoisotopic (exact) mass is 265 g/mol. The first-order valence-electron chi connectivity index (χ1n) is 4.63. The highest BCUT2D eigenvalue weighted by atomic mass is 35.7. The molecule has 0 spiro atoms. The Balaban J connectivity index is 3.00. The van der Waals surface area contributed by atoms with Gasteiger partial charge in [0.15, 0.2) is 5.03 Å². The normalized spacial score (nSPS) is 11.6. The highest BCUT2D eigenvalue weighted by Crippen LogP contribution is 2.15. The zero-order valence-corrected chi connectivity index (χ0v) is 10.3. The van der Waals surface area contributed by atoms with Crippen LogP contribution in [-0.4, -0.2) is 23.9 Å². The lowest BCUT2D eigenvalue weighted by Gasteiger charge is -2.02. The van der Waals surface area contributed by atoms with Crippen molar-refractivity contribution in [3.05, 3.63) is 12.0 Å². The summed E-state index contributed by atoms with van der Waals surface area (Å²) >= 11 is 0. The van der Waals surface area contributed by atoms with Gasteiger partial charge < -0.3 is 10.3 Å². The molecule has 1 aromatic heterocycles. The average molecular weight is 266 g/mol. The van der Waals surface area contributed by atoms with E-state index in [0.717, 1.165) is 0 Å². The van der Waals surface area contributed by atoms with Crippen molar-refractivity contribution in [2.75, 3.05) is 0 Å². The third-order valence-electron chi connectivity index (χ3n) is 2.00. The predicted molar refractivity (Wildman–Crippen MR) is 58.5 cm³/mol. The largest absolute Gasteiger partial charge is 0.370 e. The van der Waals surface area contributed by atoms with Gasteiger partial charge in [-0.05, 0) is 0 Å². The maximum absolute atomic E-state index is 11.1. The number of amides is 1. The van der Waals surface area contributed by atoms with Crippen molar-refractivity contribution in [2.24, 2.45) is 5.73 Å². The lowest BCUT2D eigenvalue weighted by atomic mass is 10.4. The number of aryl methyl sites for hydroxylation is 2. The standard InChI is InChI=1S/C8H12ClN3O3S/c1-2-7-11-8(16(9,14)15)5-12(7)4-3-6(10)13/h5H,2-4H2,1H3,(H2,10,13). The number of nitrogens with zero attached hydrogens (tertiary/aromatic N) is 2. The van der Waals surface area contributed by atoms with E-state index in [0.29, 0.717) is 18.8 Å². The molecule has 6 nitrogen and oxygen atoms in total. The van der Waals surface area contributed by atoms with Crippen LogP contribution in [0, 0.1) is 0 Å². The smallest absolute Gasteiger partial charge is 0.280 e. The maximum Gasteiger partial charge on any atom is 0.280 e. The minimum Gasteiger partial charge on any atom is -0.370 e. The summed E-state index contributed by atoms with van der Waals surface area (Å²) in [7, 11) is 1.34. The number of hydrogen-bond acceptors (Lipinski definition) is 4. The molecule has 0 aliphatic heterocycles. The van der Waals surface area contributed by atoms with Gasteiger partial charge in [-0.3, -0.25) is 4.79 Å². The quantitative estimate of drug-likeness (QED) is 0.772. The van der Waals surface area contributed by atoms with Crippen molar-refractivity contribution >= 4 is 25.6 Å². The van der Waals surface area contributed by atoms with Gasteiger partial charge in [0, 0.05) is 36.3 Å². The van der Waals surface area contributed by atoms with E-state index in [2.05, 4.69) is 4.98 Å². The number of carbonyl (C=O) groups is 1. The molecule has 0 saturated carbocycles. The zero-order chi connectivity index (χ0) is 12.3. The fourth-order valence-corrected chi connectivity index (χ4v) is 1.94. The zero-order valence-electron chi connectivity index (χ0n) is 8.68. The molecule has 0 aliphatic carbocycles. The molecule has 90 valence electrons. The molecule has 0 bridgehead atoms. The van der Waals surface area contributed by atoms with E-state index in [-0.39, 0.29) is 11.4 Å². The molecule has 0 aromatic carbocycles. The van der Waals surface area contributed by atoms with Gasteiger partial charge in [0.2, 0.25) is 5.91 Å². The van der Waals surface area contributed by atoms with Gasteiger partial charge in [-0.1, -0.05) is 6.92 Å². The van der Waals surface area contributed by atoms with E-state index < -0.39 is 15.0 Å². The topological polar surface area (TPSA) is 95.1 Å². The molecular formula is C8H12ClN3O3S. The van der Waals surface area contributed by atoms with E-state index in [1.54, 1.807) is 4.57 Å². The number of primary amides is 1. The SMILES string of the molecule is CCc1nc(S(=O)(=O)Cl)cn1CCC(N)=O. The molecule has 16 heavy (non-hydrogen) atoms. The molecule has 0 atom stereocenters. The maximum atomic E-state index is 11.1. The summed E-state index contributed by atoms with van der Waals surface area (Å²) in [6.07, 6.45) is 1.99. The molecule has 0 unspecified atom stereocenters. The Labute approximate surface area is 97.8 Å². The Morgan fingerprint density at radius 2 is 2.25 bits per heavy atom. The minimum absolute atomic E-state index is 0.130. The van der Waals surface area contributed by atoms with Crippen molar-refractivity contribution in [2.45, 2.75) is 31.3 Å². The first kappa shape index (κ1) is 13.0. The van der Waals surface area contributed by atoms with Crippen LogP contribution >= 0.6 is 10.7 Å². The lowest BCUT2D eigenvalue weighted by molar-refractivity contribution is -0.118. The Hall–Kier alpha value is -1.08. The average Bonchev–Trinajstić information content (AvgIpc) is 2.56. The number of aromatic nitrogens is 2. The third-order valence-corrected chi connectivity index (χ3v) is 3.17. The first-order valence-corrected chi connectivity index (χ1v) is 6.94. The van der Waals surface area contributed by atoms with Crippen LogP contribution in [0.5, 0.6) is 0 Å². The van der Waals surface area contributed by atoms with E-state index in [1.165, 1.54) is 6.20 Å². The molecule has 0 saturated heterocycles. The molecule has 1 amide bonds. The Kier molecular flexibility index (Phi) is 3.93. The highest BCUT2D eigenvalue weighted by Gasteiger charge is 2.17. The fourth-order valence-electron chi connectivity index (χ4n) is 1.25. The van der Waals surface area contributed by atoms with Gasteiger partial charge in [-0.15, -0.1) is 0 Å². The van der Waals surface area contributed by atoms with Crippen LogP contribution < -0.4 is 5.73 Å². The van der Waals surface area contributed by atoms with Crippen LogP contribution in [0.15, 0.2) is 11.2 Å². The van der Waals surface area contributed by atoms with Crippen LogP contribution in [0.1, 0.15) is 19.2 Å². The molecule has 1 aromatic rings. The van der Waals surface area contributed by atoms with Crippen molar-refractivity contribution in [3.8, 4) is 0 Å². The Morgan fingerprint density at radius 3 is 2.69 bits per heavy atom. The number of hydrogen-bond donors (Lipinski definition) is 1. The molecule has 2 N–H and O–H groups in total. The van der Waals surface area contributed by atoms with Gasteiger partial charge in [0.1, 0.15) is 5.82 Å². The molecule has 0 fully saturated rings. The second-order valence-corrected chi connectivity index (χ2v) is 5.71. The van der Waals surface area contributed by atoms with E-state index >= 15 is 0 Å². The van der Waals surface area contributed by atoms with Crippen LogP contribution in [0.2, 0.25) is 0 Å². The van der Waals surface area contributed by atoms with Crippen LogP contribution in [0.3, 0.4) is 0 Å². The fraction of sp³-hybridized carbons (Fsp3) is 0.500. The number of rotatable bonds is 5. The minimum atomic E-state index is -3.83. The van der Waals surface area contributed by atoms with E-state index in [4.69, 9.17) is 16.4 Å². The van der Waals surface area contributed by atoms with E-state index in [1.807, 2.05) is 6.92 Å². The summed E-state index contributed by atoms with van der Waals surface area (Å²) in [6, 6.07) is 0. The Bertz CT molecular complexity index is 495. The van der Waals surface area contributed by atoms with Gasteiger partial charge in [0.05, 0.1) is 0 Å². The van der Waals surface area contributed by atoms with Gasteiger partial charge >= 0.3 is 0 Å². The summed E-state index contributed by atoms with van der Waals surface area (Å²) in [5.74, 6) is 0.103. The molecular weight excluding hydrogens is 254 g/mol. The number of halogens is 1. The van der Waals surface area contributed by atoms with E-state index in [9.17, 15) is 13.2 Å². The summed E-state index contributed by atoms with van der Waals surface area (Å²) in [5, 5.41) is -0.199. The molecule has 0 aliphatic rings. The van der Waals surface area contributed by atoms with Gasteiger partial charge in [0.25, 0.3) is 9.05 Å². The van der Waals surface area contributed by atoms with Gasteiger partial charge in [-0.2, -0.15) is 0 Å². The van der Waals surface area contributed by atoms with Crippen molar-refractivity contribution in [3.63, 3.8) is 0 Å².